The summed E-state index contributed by atoms with van der Waals surface area (Å²) in [5, 5.41) is 11.6. The average Bonchev–Trinajstić information content (AvgIpc) is 2.69. The number of amides is 2. The zero-order valence-electron chi connectivity index (χ0n) is 15.4. The summed E-state index contributed by atoms with van der Waals surface area (Å²) in [7, 11) is 0. The van der Waals surface area contributed by atoms with Crippen LogP contribution in [0.25, 0.3) is 6.08 Å². The van der Waals surface area contributed by atoms with Crippen LogP contribution in [0.1, 0.15) is 12.5 Å². The molecule has 2 amide bonds. The van der Waals surface area contributed by atoms with Gasteiger partial charge in [0.2, 0.25) is 0 Å². The van der Waals surface area contributed by atoms with Gasteiger partial charge in [0.05, 0.1) is 15.7 Å². The van der Waals surface area contributed by atoms with Crippen molar-refractivity contribution in [1.82, 2.24) is 5.32 Å². The zero-order valence-corrected chi connectivity index (χ0v) is 17.7. The Hall–Kier alpha value is -2.94. The van der Waals surface area contributed by atoms with Gasteiger partial charge in [-0.15, -0.1) is 0 Å². The number of hydrogen-bond donors (Lipinski definition) is 2. The molecule has 0 aromatic heterocycles. The summed E-state index contributed by atoms with van der Waals surface area (Å²) in [6, 6.07) is 11.0. The molecule has 2 aromatic rings. The smallest absolute Gasteiger partial charge is 0.344 e. The maximum atomic E-state index is 13.0. The van der Waals surface area contributed by atoms with Crippen molar-refractivity contribution in [1.29, 1.82) is 0 Å². The molecule has 7 nitrogen and oxygen atoms in total. The fraction of sp³-hybridized carbons (Fsp3) is 0.100. The molecule has 0 saturated carbocycles. The second-order valence-corrected chi connectivity index (χ2v) is 7.37. The minimum atomic E-state index is -1.10. The van der Waals surface area contributed by atoms with E-state index >= 15 is 0 Å². The van der Waals surface area contributed by atoms with Gasteiger partial charge in [-0.2, -0.15) is 0 Å². The number of rotatable bonds is 5. The molecule has 30 heavy (non-hydrogen) atoms. The Bertz CT molecular complexity index is 1090. The van der Waals surface area contributed by atoms with Gasteiger partial charge in [0.1, 0.15) is 11.3 Å². The lowest BCUT2D eigenvalue weighted by molar-refractivity contribution is -0.144. The van der Waals surface area contributed by atoms with Gasteiger partial charge >= 0.3 is 5.97 Å². The quantitative estimate of drug-likeness (QED) is 0.398. The number of carbonyl (C=O) groups is 3. The topological polar surface area (TPSA) is 95.9 Å². The average molecular weight is 465 g/mol. The molecule has 1 atom stereocenters. The highest BCUT2D eigenvalue weighted by Crippen LogP contribution is 2.34. The summed E-state index contributed by atoms with van der Waals surface area (Å²) >= 11 is 17.4. The molecule has 0 radical (unpaired) electrons. The van der Waals surface area contributed by atoms with Crippen molar-refractivity contribution < 1.29 is 24.2 Å². The molecule has 1 fully saturated rings. The molecule has 3 rings (SSSR count). The van der Waals surface area contributed by atoms with Crippen molar-refractivity contribution in [2.45, 2.75) is 13.0 Å². The van der Waals surface area contributed by atoms with Crippen molar-refractivity contribution in [2.75, 3.05) is 4.90 Å². The monoisotopic (exact) mass is 464 g/mol. The van der Waals surface area contributed by atoms with Crippen LogP contribution in [0, 0.1) is 0 Å². The van der Waals surface area contributed by atoms with Crippen LogP contribution in [-0.2, 0) is 14.4 Å². The Morgan fingerprint density at radius 1 is 1.20 bits per heavy atom. The molecular formula is C20H14Cl2N2O5S. The number of carboxylic acids is 1. The Labute approximate surface area is 186 Å². The first-order valence-electron chi connectivity index (χ1n) is 8.54. The van der Waals surface area contributed by atoms with Gasteiger partial charge < -0.3 is 9.84 Å². The van der Waals surface area contributed by atoms with Crippen LogP contribution in [-0.4, -0.2) is 34.1 Å². The first-order chi connectivity index (χ1) is 14.2. The van der Waals surface area contributed by atoms with Gasteiger partial charge in [-0.25, -0.2) is 4.79 Å². The van der Waals surface area contributed by atoms with Crippen LogP contribution < -0.4 is 15.0 Å². The van der Waals surface area contributed by atoms with Crippen LogP contribution in [0.15, 0.2) is 48.0 Å². The third kappa shape index (κ3) is 4.46. The number of nitrogens with zero attached hydrogens (tertiary/aromatic N) is 1. The molecule has 1 aliphatic heterocycles. The molecule has 1 saturated heterocycles. The number of halogens is 2. The molecule has 2 N–H and O–H groups in total. The van der Waals surface area contributed by atoms with E-state index in [4.69, 9.17) is 45.3 Å². The highest BCUT2D eigenvalue weighted by molar-refractivity contribution is 7.80. The van der Waals surface area contributed by atoms with Crippen molar-refractivity contribution in [3.8, 4) is 5.75 Å². The van der Waals surface area contributed by atoms with E-state index in [-0.39, 0.29) is 26.4 Å². The lowest BCUT2D eigenvalue weighted by Crippen LogP contribution is -2.54. The van der Waals surface area contributed by atoms with Crippen LogP contribution in [0.3, 0.4) is 0 Å². The maximum absolute atomic E-state index is 13.0. The van der Waals surface area contributed by atoms with Crippen molar-refractivity contribution in [3.05, 3.63) is 63.6 Å². The Kier molecular flexibility index (Phi) is 6.40. The van der Waals surface area contributed by atoms with Crippen molar-refractivity contribution in [3.63, 3.8) is 0 Å². The number of anilines is 1. The van der Waals surface area contributed by atoms with Gasteiger partial charge in [-0.3, -0.25) is 19.8 Å². The third-order valence-corrected chi connectivity index (χ3v) is 5.22. The Morgan fingerprint density at radius 2 is 1.87 bits per heavy atom. The van der Waals surface area contributed by atoms with E-state index in [0.29, 0.717) is 11.3 Å². The van der Waals surface area contributed by atoms with E-state index < -0.39 is 23.9 Å². The predicted molar refractivity (Wildman–Crippen MR) is 117 cm³/mol. The third-order valence-electron chi connectivity index (χ3n) is 4.13. The minimum Gasteiger partial charge on any atom is -0.479 e. The number of thiocarbonyl (C=S) groups is 1. The van der Waals surface area contributed by atoms with E-state index in [1.165, 1.54) is 25.1 Å². The standard InChI is InChI=1S/C20H14Cl2N2O5S/c1-10(19(27)28)29-12-7-5-11(6-8-12)9-13-17(25)23-20(30)24(18(13)26)15-4-2-3-14(21)16(15)22/h2-10H,1H3,(H,27,28)(H,23,25,30)/b13-9+/t10-/m0/s1. The second-order valence-electron chi connectivity index (χ2n) is 6.20. The predicted octanol–water partition coefficient (Wildman–Crippen LogP) is 3.68. The molecule has 154 valence electrons. The van der Waals surface area contributed by atoms with Crippen molar-refractivity contribution in [2.24, 2.45) is 0 Å². The maximum Gasteiger partial charge on any atom is 0.344 e. The summed E-state index contributed by atoms with van der Waals surface area (Å²) in [6.07, 6.45) is 0.367. The normalized spacial score (nSPS) is 16.4. The first kappa shape index (κ1) is 21.8. The second kappa shape index (κ2) is 8.83. The van der Waals surface area contributed by atoms with Crippen LogP contribution in [0.5, 0.6) is 5.75 Å². The molecule has 1 heterocycles. The zero-order chi connectivity index (χ0) is 22.0. The molecular weight excluding hydrogens is 451 g/mol. The van der Waals surface area contributed by atoms with Gasteiger partial charge in [0, 0.05) is 0 Å². The number of nitrogens with one attached hydrogen (secondary N) is 1. The number of aliphatic carboxylic acids is 1. The van der Waals surface area contributed by atoms with Crippen molar-refractivity contribution >= 4 is 70.1 Å². The highest BCUT2D eigenvalue weighted by atomic mass is 35.5. The number of carboxylic acid groups (broad SMARTS) is 1. The number of hydrogen-bond acceptors (Lipinski definition) is 5. The van der Waals surface area contributed by atoms with Gasteiger partial charge in [-0.1, -0.05) is 41.4 Å². The van der Waals surface area contributed by atoms with E-state index in [1.54, 1.807) is 30.3 Å². The molecule has 1 aliphatic rings. The lowest BCUT2D eigenvalue weighted by Gasteiger charge is -2.29. The number of carbonyl (C=O) groups excluding carboxylic acids is 2. The molecule has 0 spiro atoms. The fourth-order valence-corrected chi connectivity index (χ4v) is 3.26. The SMILES string of the molecule is C[C@H](Oc1ccc(/C=C2\C(=O)NC(=S)N(c3cccc(Cl)c3Cl)C2=O)cc1)C(=O)O. The van der Waals surface area contributed by atoms with Crippen LogP contribution in [0.4, 0.5) is 5.69 Å². The summed E-state index contributed by atoms with van der Waals surface area (Å²) < 4.78 is 5.26. The minimum absolute atomic E-state index is 0.113. The van der Waals surface area contributed by atoms with E-state index in [1.807, 2.05) is 0 Å². The van der Waals surface area contributed by atoms with Gasteiger partial charge in [-0.05, 0) is 55.0 Å². The molecule has 0 aliphatic carbocycles. The van der Waals surface area contributed by atoms with Crippen LogP contribution >= 0.6 is 35.4 Å². The van der Waals surface area contributed by atoms with Gasteiger partial charge in [0.25, 0.3) is 11.8 Å². The largest absolute Gasteiger partial charge is 0.479 e. The fourth-order valence-electron chi connectivity index (χ4n) is 2.61. The highest BCUT2D eigenvalue weighted by Gasteiger charge is 2.35. The summed E-state index contributed by atoms with van der Waals surface area (Å²) in [5.74, 6) is -2.08. The molecule has 2 aromatic carbocycles. The Morgan fingerprint density at radius 3 is 2.50 bits per heavy atom. The number of ether oxygens (including phenoxy) is 1. The van der Waals surface area contributed by atoms with E-state index in [9.17, 15) is 14.4 Å². The van der Waals surface area contributed by atoms with Crippen LogP contribution in [0.2, 0.25) is 10.0 Å². The van der Waals surface area contributed by atoms with Gasteiger partial charge in [0.15, 0.2) is 11.2 Å². The summed E-state index contributed by atoms with van der Waals surface area (Å²) in [6.45, 7) is 1.40. The summed E-state index contributed by atoms with van der Waals surface area (Å²) in [5.41, 5.74) is 0.609. The Balaban J connectivity index is 1.91. The molecule has 0 unspecified atom stereocenters. The molecule has 10 heteroatoms. The van der Waals surface area contributed by atoms with E-state index in [2.05, 4.69) is 5.32 Å². The summed E-state index contributed by atoms with van der Waals surface area (Å²) in [4.78, 5) is 37.4. The van der Waals surface area contributed by atoms with E-state index in [0.717, 1.165) is 4.90 Å². The molecule has 0 bridgehead atoms. The lowest BCUT2D eigenvalue weighted by atomic mass is 10.1. The number of benzene rings is 2. The first-order valence-corrected chi connectivity index (χ1v) is 9.70.